The summed E-state index contributed by atoms with van der Waals surface area (Å²) in [5.74, 6) is 1.05. The number of aromatic nitrogens is 2. The molecule has 0 atom stereocenters. The van der Waals surface area contributed by atoms with Crippen LogP contribution in [0.15, 0.2) is 41.8 Å². The quantitative estimate of drug-likeness (QED) is 0.510. The molecule has 176 valence electrons. The van der Waals surface area contributed by atoms with Gasteiger partial charge in [-0.05, 0) is 68.6 Å². The summed E-state index contributed by atoms with van der Waals surface area (Å²) in [4.78, 5) is 30.9. The van der Waals surface area contributed by atoms with Gasteiger partial charge >= 0.3 is 0 Å². The molecule has 2 aromatic heterocycles. The Kier molecular flexibility index (Phi) is 7.39. The van der Waals surface area contributed by atoms with Crippen LogP contribution in [-0.2, 0) is 16.2 Å². The molecule has 2 aliphatic heterocycles. The van der Waals surface area contributed by atoms with Crippen molar-refractivity contribution in [2.75, 3.05) is 39.0 Å². The predicted molar refractivity (Wildman–Crippen MR) is 125 cm³/mol. The average Bonchev–Trinajstić information content (AvgIpc) is 2.83. The highest BCUT2D eigenvalue weighted by Gasteiger charge is 2.33. The van der Waals surface area contributed by atoms with Crippen LogP contribution in [0.5, 0.6) is 5.75 Å². The van der Waals surface area contributed by atoms with E-state index in [2.05, 4.69) is 20.0 Å². The maximum absolute atomic E-state index is 13.2. The van der Waals surface area contributed by atoms with Gasteiger partial charge in [0.1, 0.15) is 30.1 Å². The fourth-order valence-corrected chi connectivity index (χ4v) is 4.82. The van der Waals surface area contributed by atoms with E-state index in [4.69, 9.17) is 10.6 Å². The summed E-state index contributed by atoms with van der Waals surface area (Å²) >= 11 is 0. The second-order valence-electron chi connectivity index (χ2n) is 8.77. The van der Waals surface area contributed by atoms with Crippen molar-refractivity contribution in [3.63, 3.8) is 0 Å². The average molecular weight is 453 g/mol. The summed E-state index contributed by atoms with van der Waals surface area (Å²) in [6.45, 7) is 3.99. The van der Waals surface area contributed by atoms with Gasteiger partial charge < -0.3 is 20.6 Å². The number of likely N-dealkylation sites (tertiary alicyclic amines) is 2. The van der Waals surface area contributed by atoms with Gasteiger partial charge in [0.2, 0.25) is 5.91 Å². The maximum atomic E-state index is 13.2. The lowest BCUT2D eigenvalue weighted by atomic mass is 9.88. The van der Waals surface area contributed by atoms with Crippen molar-refractivity contribution >= 4 is 17.4 Å². The largest absolute Gasteiger partial charge is 0.506 e. The molecule has 0 bridgehead atoms. The van der Waals surface area contributed by atoms with Crippen LogP contribution in [0.3, 0.4) is 0 Å². The summed E-state index contributed by atoms with van der Waals surface area (Å²) in [7, 11) is 1.49. The summed E-state index contributed by atoms with van der Waals surface area (Å²) < 4.78 is 0. The number of amides is 1. The maximum Gasteiger partial charge on any atom is 0.225 e. The zero-order valence-electron chi connectivity index (χ0n) is 19.1. The summed E-state index contributed by atoms with van der Waals surface area (Å²) in [6.07, 6.45) is 6.66. The van der Waals surface area contributed by atoms with Crippen LogP contribution < -0.4 is 5.73 Å². The van der Waals surface area contributed by atoms with Crippen LogP contribution in [0.2, 0.25) is 0 Å². The van der Waals surface area contributed by atoms with Crippen LogP contribution in [0.1, 0.15) is 36.9 Å². The van der Waals surface area contributed by atoms with Crippen molar-refractivity contribution in [2.45, 2.75) is 32.2 Å². The van der Waals surface area contributed by atoms with Gasteiger partial charge in [-0.1, -0.05) is 5.16 Å². The number of oxime groups is 1. The first-order valence-electron chi connectivity index (χ1n) is 11.5. The monoisotopic (exact) mass is 452 g/mol. The van der Waals surface area contributed by atoms with Crippen molar-refractivity contribution in [2.24, 2.45) is 17.0 Å². The number of anilines is 1. The number of nitrogens with zero attached hydrogens (tertiary/aromatic N) is 5. The third kappa shape index (κ3) is 5.60. The Morgan fingerprint density at radius 2 is 1.85 bits per heavy atom. The number of nitrogen functional groups attached to an aromatic ring is 1. The number of rotatable bonds is 6. The highest BCUT2D eigenvalue weighted by Crippen LogP contribution is 2.28. The zero-order chi connectivity index (χ0) is 23.2. The topological polar surface area (TPSA) is 117 Å². The number of hydrogen-bond acceptors (Lipinski definition) is 8. The standard InChI is InChI=1S/C24H32N6O3/c1-33-28-22(23-20(31)3-2-9-27-23)18-7-13-30(14-8-18)24(32)19-5-11-29(12-6-19)16-17-4-10-26-21(25)15-17/h2-4,9-10,15,18-19,31H,5-8,11-14,16H2,1H3,(H2,25,26). The number of carbonyl (C=O) groups is 1. The summed E-state index contributed by atoms with van der Waals surface area (Å²) in [5.41, 5.74) is 8.04. The van der Waals surface area contributed by atoms with Gasteiger partial charge in [0, 0.05) is 43.9 Å². The second-order valence-corrected chi connectivity index (χ2v) is 8.77. The molecule has 2 fully saturated rings. The molecule has 3 N–H and O–H groups in total. The third-order valence-corrected chi connectivity index (χ3v) is 6.60. The molecule has 2 aliphatic rings. The Bertz CT molecular complexity index is 982. The van der Waals surface area contributed by atoms with Crippen molar-refractivity contribution < 1.29 is 14.7 Å². The van der Waals surface area contributed by atoms with Crippen LogP contribution in [0.25, 0.3) is 0 Å². The summed E-state index contributed by atoms with van der Waals surface area (Å²) in [6, 6.07) is 7.18. The minimum Gasteiger partial charge on any atom is -0.506 e. The molecular weight excluding hydrogens is 420 g/mol. The van der Waals surface area contributed by atoms with Crippen LogP contribution >= 0.6 is 0 Å². The van der Waals surface area contributed by atoms with Crippen LogP contribution in [0.4, 0.5) is 5.82 Å². The van der Waals surface area contributed by atoms with E-state index in [0.29, 0.717) is 30.3 Å². The smallest absolute Gasteiger partial charge is 0.225 e. The van der Waals surface area contributed by atoms with E-state index in [-0.39, 0.29) is 23.5 Å². The molecule has 4 heterocycles. The fraction of sp³-hybridized carbons (Fsp3) is 0.500. The molecule has 1 amide bonds. The third-order valence-electron chi connectivity index (χ3n) is 6.60. The Morgan fingerprint density at radius 3 is 2.52 bits per heavy atom. The Morgan fingerprint density at radius 1 is 1.12 bits per heavy atom. The van der Waals surface area contributed by atoms with Crippen LogP contribution in [-0.4, -0.2) is 69.8 Å². The lowest BCUT2D eigenvalue weighted by molar-refractivity contribution is -0.138. The van der Waals surface area contributed by atoms with E-state index in [1.807, 2.05) is 17.0 Å². The van der Waals surface area contributed by atoms with E-state index >= 15 is 0 Å². The van der Waals surface area contributed by atoms with Crippen LogP contribution in [0, 0.1) is 11.8 Å². The minimum atomic E-state index is 0.0762. The fourth-order valence-electron chi connectivity index (χ4n) is 4.82. The minimum absolute atomic E-state index is 0.0762. The van der Waals surface area contributed by atoms with Gasteiger partial charge in [-0.25, -0.2) is 4.98 Å². The Balaban J connectivity index is 1.29. The van der Waals surface area contributed by atoms with E-state index < -0.39 is 0 Å². The lowest BCUT2D eigenvalue weighted by Gasteiger charge is -2.37. The van der Waals surface area contributed by atoms with Gasteiger partial charge in [0.25, 0.3) is 0 Å². The Hall–Kier alpha value is -3.20. The molecule has 0 aromatic carbocycles. The van der Waals surface area contributed by atoms with E-state index in [0.717, 1.165) is 50.9 Å². The molecule has 0 saturated carbocycles. The van der Waals surface area contributed by atoms with Crippen molar-refractivity contribution in [1.29, 1.82) is 0 Å². The van der Waals surface area contributed by atoms with E-state index in [9.17, 15) is 9.90 Å². The van der Waals surface area contributed by atoms with E-state index in [1.165, 1.54) is 7.11 Å². The highest BCUT2D eigenvalue weighted by atomic mass is 16.6. The number of pyridine rings is 2. The molecule has 2 saturated heterocycles. The van der Waals surface area contributed by atoms with E-state index in [1.54, 1.807) is 24.5 Å². The van der Waals surface area contributed by atoms with Crippen molar-refractivity contribution in [3.8, 4) is 5.75 Å². The first-order chi connectivity index (χ1) is 16.0. The first-order valence-corrected chi connectivity index (χ1v) is 11.5. The second kappa shape index (κ2) is 10.6. The first kappa shape index (κ1) is 23.0. The summed E-state index contributed by atoms with van der Waals surface area (Å²) in [5, 5.41) is 14.4. The highest BCUT2D eigenvalue weighted by molar-refractivity contribution is 6.02. The zero-order valence-corrected chi connectivity index (χ0v) is 19.1. The number of aromatic hydroxyl groups is 1. The normalized spacial score (nSPS) is 18.9. The molecule has 0 aliphatic carbocycles. The number of piperidine rings is 2. The molecular formula is C24H32N6O3. The lowest BCUT2D eigenvalue weighted by Crippen LogP contribution is -2.46. The molecule has 9 nitrogen and oxygen atoms in total. The molecule has 0 unspecified atom stereocenters. The molecule has 9 heteroatoms. The molecule has 2 aromatic rings. The molecule has 33 heavy (non-hydrogen) atoms. The van der Waals surface area contributed by atoms with Gasteiger partial charge in [0.15, 0.2) is 0 Å². The van der Waals surface area contributed by atoms with Gasteiger partial charge in [-0.2, -0.15) is 0 Å². The Labute approximate surface area is 194 Å². The molecule has 4 rings (SSSR count). The molecule has 0 radical (unpaired) electrons. The predicted octanol–water partition coefficient (Wildman–Crippen LogP) is 2.27. The van der Waals surface area contributed by atoms with Gasteiger partial charge in [-0.3, -0.25) is 14.7 Å². The van der Waals surface area contributed by atoms with Crippen molar-refractivity contribution in [3.05, 3.63) is 47.9 Å². The van der Waals surface area contributed by atoms with Crippen molar-refractivity contribution in [1.82, 2.24) is 19.8 Å². The van der Waals surface area contributed by atoms with Gasteiger partial charge in [0.05, 0.1) is 0 Å². The van der Waals surface area contributed by atoms with Gasteiger partial charge in [-0.15, -0.1) is 0 Å². The molecule has 0 spiro atoms. The number of carbonyl (C=O) groups excluding carboxylic acids is 1. The number of hydrogen-bond donors (Lipinski definition) is 2. The SMILES string of the molecule is CON=C(c1ncccc1O)C1CCN(C(=O)C2CCN(Cc3ccnc(N)c3)CC2)CC1. The number of nitrogens with two attached hydrogens (primary N) is 1.